The van der Waals surface area contributed by atoms with Crippen molar-refractivity contribution in [3.05, 3.63) is 59.2 Å². The Morgan fingerprint density at radius 2 is 2.08 bits per heavy atom. The second kappa shape index (κ2) is 6.00. The number of aliphatic hydroxyl groups is 1. The minimum atomic E-state index is -0.560. The van der Waals surface area contributed by atoms with E-state index < -0.39 is 6.10 Å². The molecule has 1 atom stereocenters. The van der Waals surface area contributed by atoms with Crippen molar-refractivity contribution in [3.8, 4) is 0 Å². The molecule has 1 N–H and O–H groups in total. The van der Waals surface area contributed by atoms with Gasteiger partial charge in [0, 0.05) is 49.2 Å². The van der Waals surface area contributed by atoms with Crippen LogP contribution in [-0.2, 0) is 19.5 Å². The van der Waals surface area contributed by atoms with E-state index in [1.165, 1.54) is 22.2 Å². The van der Waals surface area contributed by atoms with Gasteiger partial charge in [0.15, 0.2) is 0 Å². The van der Waals surface area contributed by atoms with Crippen molar-refractivity contribution in [3.63, 3.8) is 0 Å². The molecule has 0 fully saturated rings. The summed E-state index contributed by atoms with van der Waals surface area (Å²) in [5.74, 6) is 0. The van der Waals surface area contributed by atoms with Crippen LogP contribution in [0.4, 0.5) is 0 Å². The van der Waals surface area contributed by atoms with Gasteiger partial charge in [-0.25, -0.2) is 4.98 Å². The van der Waals surface area contributed by atoms with Crippen LogP contribution in [0.15, 0.2) is 36.8 Å². The first-order valence-electron chi connectivity index (χ1n) is 8.36. The van der Waals surface area contributed by atoms with Crippen molar-refractivity contribution in [2.75, 3.05) is 13.6 Å². The van der Waals surface area contributed by atoms with Gasteiger partial charge >= 0.3 is 0 Å². The molecular weight excluding hydrogens is 300 g/mol. The number of hydrogen-bond donors (Lipinski definition) is 1. The number of pyridine rings is 2. The number of nitrogens with zero attached hydrogens (tertiary/aromatic N) is 4. The van der Waals surface area contributed by atoms with Gasteiger partial charge in [-0.2, -0.15) is 0 Å². The van der Waals surface area contributed by atoms with Gasteiger partial charge < -0.3 is 14.6 Å². The minimum absolute atomic E-state index is 0.523. The number of likely N-dealkylation sites (N-methyl/N-ethyl adjacent to an activating group) is 1. The molecule has 1 aliphatic heterocycles. The summed E-state index contributed by atoms with van der Waals surface area (Å²) in [5, 5.41) is 11.9. The van der Waals surface area contributed by atoms with E-state index in [-0.39, 0.29) is 0 Å². The van der Waals surface area contributed by atoms with Crippen LogP contribution in [-0.4, -0.2) is 38.1 Å². The highest BCUT2D eigenvalue weighted by atomic mass is 16.3. The van der Waals surface area contributed by atoms with E-state index in [0.717, 1.165) is 30.7 Å². The molecule has 0 aliphatic carbocycles. The third kappa shape index (κ3) is 2.60. The van der Waals surface area contributed by atoms with Crippen LogP contribution in [0.1, 0.15) is 28.5 Å². The number of aryl methyl sites for hydroxylation is 1. The van der Waals surface area contributed by atoms with Crippen LogP contribution < -0.4 is 0 Å². The second-order valence-corrected chi connectivity index (χ2v) is 6.70. The van der Waals surface area contributed by atoms with E-state index in [2.05, 4.69) is 39.5 Å². The normalized spacial score (nSPS) is 16.3. The van der Waals surface area contributed by atoms with E-state index in [9.17, 15) is 5.11 Å². The quantitative estimate of drug-likeness (QED) is 0.805. The molecule has 0 saturated carbocycles. The maximum Gasteiger partial charge on any atom is 0.140 e. The van der Waals surface area contributed by atoms with Crippen LogP contribution >= 0.6 is 0 Å². The summed E-state index contributed by atoms with van der Waals surface area (Å²) in [6, 6.07) is 5.96. The number of aliphatic hydroxyl groups excluding tert-OH is 1. The summed E-state index contributed by atoms with van der Waals surface area (Å²) in [7, 11) is 2.15. The topological polar surface area (TPSA) is 54.2 Å². The predicted octanol–water partition coefficient (Wildman–Crippen LogP) is 2.46. The lowest BCUT2D eigenvalue weighted by Gasteiger charge is -2.24. The molecule has 5 heteroatoms. The van der Waals surface area contributed by atoms with E-state index >= 15 is 0 Å². The van der Waals surface area contributed by atoms with Gasteiger partial charge in [-0.1, -0.05) is 0 Å². The molecule has 0 aromatic carbocycles. The van der Waals surface area contributed by atoms with Crippen LogP contribution in [0, 0.1) is 6.92 Å². The maximum absolute atomic E-state index is 10.7. The first-order valence-corrected chi connectivity index (χ1v) is 8.36. The molecule has 1 aliphatic rings. The number of fused-ring (bicyclic) bond motifs is 3. The monoisotopic (exact) mass is 322 g/mol. The van der Waals surface area contributed by atoms with Crippen molar-refractivity contribution < 1.29 is 5.11 Å². The van der Waals surface area contributed by atoms with Gasteiger partial charge in [-0.05, 0) is 48.9 Å². The third-order valence-corrected chi connectivity index (χ3v) is 4.86. The molecule has 24 heavy (non-hydrogen) atoms. The molecule has 1 unspecified atom stereocenters. The summed E-state index contributed by atoms with van der Waals surface area (Å²) >= 11 is 0. The number of aromatic nitrogens is 3. The van der Waals surface area contributed by atoms with Gasteiger partial charge in [0.1, 0.15) is 5.65 Å². The summed E-state index contributed by atoms with van der Waals surface area (Å²) in [6.45, 7) is 4.58. The van der Waals surface area contributed by atoms with Crippen molar-refractivity contribution in [2.24, 2.45) is 0 Å². The van der Waals surface area contributed by atoms with Gasteiger partial charge in [0.25, 0.3) is 0 Å². The third-order valence-electron chi connectivity index (χ3n) is 4.86. The van der Waals surface area contributed by atoms with Crippen molar-refractivity contribution in [2.45, 2.75) is 32.5 Å². The van der Waals surface area contributed by atoms with Crippen LogP contribution in [0.2, 0.25) is 0 Å². The Morgan fingerprint density at radius 3 is 2.88 bits per heavy atom. The van der Waals surface area contributed by atoms with Crippen LogP contribution in [0.3, 0.4) is 0 Å². The molecule has 5 nitrogen and oxygen atoms in total. The summed E-state index contributed by atoms with van der Waals surface area (Å²) in [4.78, 5) is 11.0. The average molecular weight is 322 g/mol. The maximum atomic E-state index is 10.7. The molecule has 0 spiro atoms. The molecular formula is C19H22N4O. The van der Waals surface area contributed by atoms with Gasteiger partial charge in [-0.3, -0.25) is 4.98 Å². The molecule has 3 aromatic heterocycles. The van der Waals surface area contributed by atoms with Gasteiger partial charge in [-0.15, -0.1) is 0 Å². The van der Waals surface area contributed by atoms with Crippen molar-refractivity contribution >= 4 is 11.0 Å². The van der Waals surface area contributed by atoms with Gasteiger partial charge in [0.2, 0.25) is 0 Å². The predicted molar refractivity (Wildman–Crippen MR) is 93.7 cm³/mol. The molecule has 0 amide bonds. The summed E-state index contributed by atoms with van der Waals surface area (Å²) in [5.41, 5.74) is 5.71. The summed E-state index contributed by atoms with van der Waals surface area (Å²) < 4.78 is 2.21. The molecule has 0 saturated heterocycles. The number of rotatable bonds is 3. The standard InChI is InChI=1S/C19H22N4O/c1-13-9-15-16-11-22(2)8-5-17(16)23(19(15)21-10-13)12-18(24)14-3-6-20-7-4-14/h3-4,6-7,9-10,18,24H,5,8,11-12H2,1-2H3. The highest BCUT2D eigenvalue weighted by molar-refractivity contribution is 5.83. The fraction of sp³-hybridized carbons (Fsp3) is 0.368. The lowest BCUT2D eigenvalue weighted by molar-refractivity contribution is 0.156. The van der Waals surface area contributed by atoms with Crippen molar-refractivity contribution in [1.29, 1.82) is 0 Å². The molecule has 4 heterocycles. The zero-order valence-corrected chi connectivity index (χ0v) is 14.1. The Hall–Kier alpha value is -2.24. The summed E-state index contributed by atoms with van der Waals surface area (Å²) in [6.07, 6.45) is 5.78. The molecule has 4 rings (SSSR count). The Labute approximate surface area is 141 Å². The Balaban J connectivity index is 1.80. The van der Waals surface area contributed by atoms with E-state index in [0.29, 0.717) is 6.54 Å². The van der Waals surface area contributed by atoms with Crippen LogP contribution in [0.25, 0.3) is 11.0 Å². The van der Waals surface area contributed by atoms with E-state index in [1.807, 2.05) is 18.3 Å². The van der Waals surface area contributed by atoms with Crippen LogP contribution in [0.5, 0.6) is 0 Å². The first-order chi connectivity index (χ1) is 11.6. The Kier molecular flexibility index (Phi) is 3.82. The van der Waals surface area contributed by atoms with E-state index in [4.69, 9.17) is 0 Å². The van der Waals surface area contributed by atoms with Crippen molar-refractivity contribution in [1.82, 2.24) is 19.4 Å². The molecule has 0 bridgehead atoms. The first kappa shape index (κ1) is 15.3. The van der Waals surface area contributed by atoms with E-state index in [1.54, 1.807) is 12.4 Å². The molecule has 0 radical (unpaired) electrons. The second-order valence-electron chi connectivity index (χ2n) is 6.70. The average Bonchev–Trinajstić information content (AvgIpc) is 2.88. The number of hydrogen-bond acceptors (Lipinski definition) is 4. The zero-order valence-electron chi connectivity index (χ0n) is 14.1. The smallest absolute Gasteiger partial charge is 0.140 e. The highest BCUT2D eigenvalue weighted by Gasteiger charge is 2.24. The molecule has 124 valence electrons. The Bertz CT molecular complexity index is 872. The lowest BCUT2D eigenvalue weighted by atomic mass is 10.0. The minimum Gasteiger partial charge on any atom is -0.387 e. The fourth-order valence-electron chi connectivity index (χ4n) is 3.61. The fourth-order valence-corrected chi connectivity index (χ4v) is 3.61. The Morgan fingerprint density at radius 1 is 1.29 bits per heavy atom. The largest absolute Gasteiger partial charge is 0.387 e. The zero-order chi connectivity index (χ0) is 16.7. The van der Waals surface area contributed by atoms with Gasteiger partial charge in [0.05, 0.1) is 12.6 Å². The highest BCUT2D eigenvalue weighted by Crippen LogP contribution is 2.31. The molecule has 3 aromatic rings. The lowest BCUT2D eigenvalue weighted by Crippen LogP contribution is -2.27. The SMILES string of the molecule is Cc1cnc2c(c1)c1c(n2CC(O)c2ccncc2)CCN(C)C1.